The van der Waals surface area contributed by atoms with Crippen molar-refractivity contribution in [3.63, 3.8) is 0 Å². The molecule has 0 saturated carbocycles. The minimum absolute atomic E-state index is 0.0703. The van der Waals surface area contributed by atoms with Gasteiger partial charge in [0.1, 0.15) is 12.4 Å². The smallest absolute Gasteiger partial charge is 0.256 e. The molecule has 1 amide bonds. The zero-order valence-electron chi connectivity index (χ0n) is 16.1. The van der Waals surface area contributed by atoms with Gasteiger partial charge in [0, 0.05) is 44.5 Å². The highest BCUT2D eigenvalue weighted by atomic mass is 35.5. The summed E-state index contributed by atoms with van der Waals surface area (Å²) in [5.41, 5.74) is 4.60. The van der Waals surface area contributed by atoms with Crippen molar-refractivity contribution in [1.82, 2.24) is 4.57 Å². The lowest BCUT2D eigenvalue weighted by Crippen LogP contribution is -2.07. The van der Waals surface area contributed by atoms with E-state index in [9.17, 15) is 4.79 Å². The zero-order valence-corrected chi connectivity index (χ0v) is 16.9. The minimum Gasteiger partial charge on any atom is -0.492 e. The first-order valence-electron chi connectivity index (χ1n) is 9.78. The Morgan fingerprint density at radius 3 is 2.60 bits per heavy atom. The van der Waals surface area contributed by atoms with Gasteiger partial charge < -0.3 is 14.6 Å². The van der Waals surface area contributed by atoms with Crippen LogP contribution in [0.15, 0.2) is 79.0 Å². The third-order valence-electron chi connectivity index (χ3n) is 5.24. The molecule has 0 aliphatic carbocycles. The Bertz CT molecular complexity index is 1270. The Morgan fingerprint density at radius 1 is 0.967 bits per heavy atom. The molecule has 5 rings (SSSR count). The van der Waals surface area contributed by atoms with Crippen LogP contribution in [0.5, 0.6) is 5.75 Å². The monoisotopic (exact) mass is 414 g/mol. The minimum atomic E-state index is -0.0703. The quantitative estimate of drug-likeness (QED) is 0.415. The lowest BCUT2D eigenvalue weighted by molar-refractivity contribution is -0.110. The van der Waals surface area contributed by atoms with E-state index < -0.39 is 0 Å². The molecule has 1 aromatic heterocycles. The average Bonchev–Trinajstić information content (AvgIpc) is 3.27. The van der Waals surface area contributed by atoms with Crippen LogP contribution in [0.3, 0.4) is 0 Å². The molecule has 0 fully saturated rings. The first-order chi connectivity index (χ1) is 14.7. The summed E-state index contributed by atoms with van der Waals surface area (Å²) < 4.78 is 8.02. The summed E-state index contributed by atoms with van der Waals surface area (Å²) in [5, 5.41) is 4.73. The fraction of sp³-hybridized carbons (Fsp3) is 0.0800. The summed E-state index contributed by atoms with van der Waals surface area (Å²) in [6.45, 7) is 1.22. The Hall–Kier alpha value is -3.50. The second-order valence-electron chi connectivity index (χ2n) is 7.16. The van der Waals surface area contributed by atoms with Crippen LogP contribution in [0.25, 0.3) is 22.6 Å². The molecule has 5 heteroatoms. The van der Waals surface area contributed by atoms with E-state index >= 15 is 0 Å². The predicted octanol–water partition coefficient (Wildman–Crippen LogP) is 5.87. The van der Waals surface area contributed by atoms with E-state index in [1.165, 1.54) is 0 Å². The van der Waals surface area contributed by atoms with E-state index in [2.05, 4.69) is 28.2 Å². The number of rotatable bonds is 5. The molecule has 0 unspecified atom stereocenters. The Balaban J connectivity index is 1.44. The van der Waals surface area contributed by atoms with E-state index in [0.29, 0.717) is 23.7 Å². The Kier molecular flexibility index (Phi) is 4.77. The molecule has 0 radical (unpaired) electrons. The number of hydrogen-bond acceptors (Lipinski definition) is 2. The third-order valence-corrected chi connectivity index (χ3v) is 5.50. The fourth-order valence-electron chi connectivity index (χ4n) is 3.81. The van der Waals surface area contributed by atoms with Crippen LogP contribution in [-0.2, 0) is 11.3 Å². The summed E-state index contributed by atoms with van der Waals surface area (Å²) in [7, 11) is 0. The Labute approximate surface area is 179 Å². The van der Waals surface area contributed by atoms with Gasteiger partial charge in [-0.05, 0) is 42.5 Å². The van der Waals surface area contributed by atoms with Crippen LogP contribution in [0.4, 0.5) is 5.69 Å². The van der Waals surface area contributed by atoms with Crippen molar-refractivity contribution in [1.29, 1.82) is 0 Å². The summed E-state index contributed by atoms with van der Waals surface area (Å²) in [5.74, 6) is 0.719. The number of carbonyl (C=O) groups is 1. The highest BCUT2D eigenvalue weighted by Crippen LogP contribution is 2.34. The van der Waals surface area contributed by atoms with Crippen LogP contribution in [0, 0.1) is 0 Å². The van der Waals surface area contributed by atoms with Crippen LogP contribution in [-0.4, -0.2) is 17.1 Å². The maximum atomic E-state index is 12.5. The molecule has 4 nitrogen and oxygen atoms in total. The van der Waals surface area contributed by atoms with Crippen LogP contribution >= 0.6 is 11.6 Å². The highest BCUT2D eigenvalue weighted by molar-refractivity contribution is 6.35. The van der Waals surface area contributed by atoms with E-state index in [-0.39, 0.29) is 5.91 Å². The van der Waals surface area contributed by atoms with Crippen LogP contribution < -0.4 is 10.1 Å². The number of fused-ring (bicyclic) bond motifs is 2. The number of nitrogens with one attached hydrogen (secondary N) is 1. The maximum absolute atomic E-state index is 12.5. The number of ether oxygens (including phenoxy) is 1. The summed E-state index contributed by atoms with van der Waals surface area (Å²) in [6, 6.07) is 23.3. The largest absolute Gasteiger partial charge is 0.492 e. The number of carbonyl (C=O) groups excluding carboxylic acids is 1. The second-order valence-corrected chi connectivity index (χ2v) is 7.59. The molecule has 0 saturated heterocycles. The predicted molar refractivity (Wildman–Crippen MR) is 122 cm³/mol. The van der Waals surface area contributed by atoms with Crippen molar-refractivity contribution in [2.75, 3.05) is 11.9 Å². The van der Waals surface area contributed by atoms with Crippen LogP contribution in [0.1, 0.15) is 11.1 Å². The Morgan fingerprint density at radius 2 is 1.73 bits per heavy atom. The number of para-hydroxylation sites is 2. The molecule has 0 spiro atoms. The van der Waals surface area contributed by atoms with Crippen LogP contribution in [0.2, 0.25) is 5.02 Å². The summed E-state index contributed by atoms with van der Waals surface area (Å²) in [4.78, 5) is 12.5. The fourth-order valence-corrected chi connectivity index (χ4v) is 3.93. The van der Waals surface area contributed by atoms with Crippen molar-refractivity contribution < 1.29 is 9.53 Å². The number of benzene rings is 3. The molecule has 148 valence electrons. The zero-order chi connectivity index (χ0) is 20.5. The van der Waals surface area contributed by atoms with Crippen molar-refractivity contribution in [3.8, 4) is 5.75 Å². The van der Waals surface area contributed by atoms with Gasteiger partial charge in [0.15, 0.2) is 0 Å². The lowest BCUT2D eigenvalue weighted by Gasteiger charge is -2.08. The molecule has 3 aromatic carbocycles. The number of hydrogen-bond donors (Lipinski definition) is 1. The number of aromatic nitrogens is 1. The van der Waals surface area contributed by atoms with Crippen molar-refractivity contribution in [2.45, 2.75) is 6.54 Å². The molecule has 30 heavy (non-hydrogen) atoms. The number of nitrogens with zero attached hydrogens (tertiary/aromatic N) is 1. The first kappa shape index (κ1) is 18.5. The van der Waals surface area contributed by atoms with E-state index in [0.717, 1.165) is 33.5 Å². The summed E-state index contributed by atoms with van der Waals surface area (Å²) in [6.07, 6.45) is 4.05. The number of amides is 1. The highest BCUT2D eigenvalue weighted by Gasteiger charge is 2.23. The normalized spacial score (nSPS) is 14.2. The van der Waals surface area contributed by atoms with Gasteiger partial charge in [0.2, 0.25) is 0 Å². The molecular formula is C25H19ClN2O2. The van der Waals surface area contributed by atoms with Gasteiger partial charge in [-0.1, -0.05) is 48.0 Å². The van der Waals surface area contributed by atoms with E-state index in [4.69, 9.17) is 16.3 Å². The van der Waals surface area contributed by atoms with Crippen molar-refractivity contribution in [2.24, 2.45) is 0 Å². The number of halogens is 1. The van der Waals surface area contributed by atoms with Gasteiger partial charge in [-0.15, -0.1) is 0 Å². The topological polar surface area (TPSA) is 43.3 Å². The van der Waals surface area contributed by atoms with E-state index in [1.807, 2.05) is 66.7 Å². The molecule has 1 aliphatic heterocycles. The molecule has 1 aliphatic rings. The summed E-state index contributed by atoms with van der Waals surface area (Å²) >= 11 is 5.93. The van der Waals surface area contributed by atoms with Gasteiger partial charge >= 0.3 is 0 Å². The van der Waals surface area contributed by atoms with Gasteiger partial charge in [0.25, 0.3) is 5.91 Å². The first-order valence-corrected chi connectivity index (χ1v) is 10.2. The van der Waals surface area contributed by atoms with Gasteiger partial charge in [-0.25, -0.2) is 0 Å². The molecular weight excluding hydrogens is 396 g/mol. The van der Waals surface area contributed by atoms with Gasteiger partial charge in [-0.2, -0.15) is 0 Å². The molecule has 1 N–H and O–H groups in total. The van der Waals surface area contributed by atoms with E-state index in [1.54, 1.807) is 0 Å². The standard InChI is InChI=1S/C25H19ClN2O2/c26-18-9-11-19(12-10-18)30-14-13-28-16-17(20-5-2-4-8-24(20)28)15-22-21-6-1-3-7-23(21)27-25(22)29/h1-12,15-16H,13-14H2,(H,27,29). The SMILES string of the molecule is O=C1Nc2ccccc2C1=Cc1cn(CCOc2ccc(Cl)cc2)c2ccccc12. The maximum Gasteiger partial charge on any atom is 0.256 e. The second kappa shape index (κ2) is 7.73. The molecule has 0 atom stereocenters. The van der Waals surface area contributed by atoms with Gasteiger partial charge in [0.05, 0.1) is 6.54 Å². The van der Waals surface area contributed by atoms with Crippen molar-refractivity contribution >= 4 is 45.7 Å². The molecule has 0 bridgehead atoms. The number of anilines is 1. The average molecular weight is 415 g/mol. The molecule has 2 heterocycles. The van der Waals surface area contributed by atoms with Gasteiger partial charge in [-0.3, -0.25) is 4.79 Å². The van der Waals surface area contributed by atoms with Crippen molar-refractivity contribution in [3.05, 3.63) is 95.1 Å². The molecule has 4 aromatic rings. The third kappa shape index (κ3) is 3.46. The lowest BCUT2D eigenvalue weighted by atomic mass is 10.0.